The predicted molar refractivity (Wildman–Crippen MR) is 64.9 cm³/mol. The first-order chi connectivity index (χ1) is 8.63. The van der Waals surface area contributed by atoms with Crippen LogP contribution in [0.3, 0.4) is 0 Å². The van der Waals surface area contributed by atoms with Gasteiger partial charge >= 0.3 is 11.9 Å². The molecular weight excluding hydrogens is 234 g/mol. The summed E-state index contributed by atoms with van der Waals surface area (Å²) in [5, 5.41) is 0. The molecule has 0 saturated carbocycles. The van der Waals surface area contributed by atoms with Gasteiger partial charge in [0.15, 0.2) is 0 Å². The molecule has 1 rings (SSSR count). The lowest BCUT2D eigenvalue weighted by molar-refractivity contribution is -0.150. The minimum Gasteiger partial charge on any atom is -0.461 e. The molecule has 1 atom stereocenters. The summed E-state index contributed by atoms with van der Waals surface area (Å²) in [5.74, 6) is 3.49. The monoisotopic (exact) mass is 251 g/mol. The van der Waals surface area contributed by atoms with E-state index in [-0.39, 0.29) is 24.9 Å². The Balaban J connectivity index is 2.30. The average molecular weight is 251 g/mol. The van der Waals surface area contributed by atoms with Crippen LogP contribution in [0.4, 0.5) is 0 Å². The lowest BCUT2D eigenvalue weighted by Gasteiger charge is -2.10. The Morgan fingerprint density at radius 3 is 2.56 bits per heavy atom. The number of benzene rings is 1. The molecule has 0 aliphatic carbocycles. The number of carbonyl (C=O) groups excluding carboxylic acids is 2. The van der Waals surface area contributed by atoms with E-state index in [9.17, 15) is 9.59 Å². The fourth-order valence-electron chi connectivity index (χ4n) is 1.38. The molecule has 2 N–H and O–H groups in total. The molecule has 5 heteroatoms. The summed E-state index contributed by atoms with van der Waals surface area (Å²) < 4.78 is 5.13. The van der Waals surface area contributed by atoms with Gasteiger partial charge in [-0.3, -0.25) is 9.59 Å². The van der Waals surface area contributed by atoms with Gasteiger partial charge in [-0.2, -0.15) is 5.90 Å². The van der Waals surface area contributed by atoms with Crippen molar-refractivity contribution >= 4 is 11.9 Å². The largest absolute Gasteiger partial charge is 0.461 e. The highest BCUT2D eigenvalue weighted by atomic mass is 16.7. The van der Waals surface area contributed by atoms with Crippen LogP contribution in [0.5, 0.6) is 0 Å². The Hall–Kier alpha value is -1.88. The summed E-state index contributed by atoms with van der Waals surface area (Å²) in [6.45, 7) is 1.95. The summed E-state index contributed by atoms with van der Waals surface area (Å²) in [6, 6.07) is 9.41. The second-order valence-electron chi connectivity index (χ2n) is 4.02. The number of esters is 1. The van der Waals surface area contributed by atoms with Crippen molar-refractivity contribution in [2.24, 2.45) is 11.8 Å². The van der Waals surface area contributed by atoms with Crippen LogP contribution >= 0.6 is 0 Å². The van der Waals surface area contributed by atoms with E-state index in [1.807, 2.05) is 30.3 Å². The van der Waals surface area contributed by atoms with E-state index in [4.69, 9.17) is 10.6 Å². The second kappa shape index (κ2) is 7.45. The van der Waals surface area contributed by atoms with E-state index < -0.39 is 5.97 Å². The van der Waals surface area contributed by atoms with Crippen molar-refractivity contribution in [1.29, 1.82) is 0 Å². The zero-order valence-electron chi connectivity index (χ0n) is 10.3. The number of hydrogen-bond acceptors (Lipinski definition) is 5. The van der Waals surface area contributed by atoms with Crippen molar-refractivity contribution < 1.29 is 19.2 Å². The minimum absolute atomic E-state index is 0.109. The highest BCUT2D eigenvalue weighted by molar-refractivity contribution is 5.74. The fourth-order valence-corrected chi connectivity index (χ4v) is 1.38. The van der Waals surface area contributed by atoms with Crippen LogP contribution < -0.4 is 5.90 Å². The lowest BCUT2D eigenvalue weighted by atomic mass is 10.1. The lowest BCUT2D eigenvalue weighted by Crippen LogP contribution is -2.17. The Kier molecular flexibility index (Phi) is 5.87. The topological polar surface area (TPSA) is 78.6 Å². The minimum atomic E-state index is -0.530. The third-order valence-corrected chi connectivity index (χ3v) is 2.54. The molecule has 98 valence electrons. The zero-order chi connectivity index (χ0) is 13.4. The first-order valence-electron chi connectivity index (χ1n) is 5.73. The molecular formula is C13H17NO4. The number of carbonyl (C=O) groups is 2. The van der Waals surface area contributed by atoms with Gasteiger partial charge in [0, 0.05) is 6.42 Å². The Morgan fingerprint density at radius 2 is 1.94 bits per heavy atom. The fraction of sp³-hybridized carbons (Fsp3) is 0.385. The van der Waals surface area contributed by atoms with E-state index in [1.165, 1.54) is 0 Å². The number of hydrogen-bond donors (Lipinski definition) is 1. The van der Waals surface area contributed by atoms with Gasteiger partial charge in [-0.05, 0) is 12.0 Å². The molecule has 0 aliphatic rings. The van der Waals surface area contributed by atoms with Crippen LogP contribution in [0, 0.1) is 5.92 Å². The molecule has 1 aromatic rings. The van der Waals surface area contributed by atoms with Crippen molar-refractivity contribution in [1.82, 2.24) is 0 Å². The van der Waals surface area contributed by atoms with E-state index >= 15 is 0 Å². The van der Waals surface area contributed by atoms with Crippen molar-refractivity contribution in [3.8, 4) is 0 Å². The van der Waals surface area contributed by atoms with Crippen molar-refractivity contribution in [3.63, 3.8) is 0 Å². The van der Waals surface area contributed by atoms with Gasteiger partial charge in [0.1, 0.15) is 6.61 Å². The third-order valence-electron chi connectivity index (χ3n) is 2.54. The zero-order valence-corrected chi connectivity index (χ0v) is 10.3. The molecule has 1 unspecified atom stereocenters. The number of nitrogens with two attached hydrogens (primary N) is 1. The quantitative estimate of drug-likeness (QED) is 0.613. The smallest absolute Gasteiger partial charge is 0.324 e. The van der Waals surface area contributed by atoms with E-state index in [0.717, 1.165) is 5.56 Å². The SMILES string of the molecule is CC(CCC(=O)ON)C(=O)OCc1ccccc1. The Morgan fingerprint density at radius 1 is 1.28 bits per heavy atom. The molecule has 0 radical (unpaired) electrons. The molecule has 5 nitrogen and oxygen atoms in total. The molecule has 0 aromatic heterocycles. The number of ether oxygens (including phenoxy) is 1. The summed E-state index contributed by atoms with van der Waals surface area (Å²) >= 11 is 0. The molecule has 0 spiro atoms. The van der Waals surface area contributed by atoms with Crippen molar-refractivity contribution in [2.45, 2.75) is 26.4 Å². The molecule has 18 heavy (non-hydrogen) atoms. The normalized spacial score (nSPS) is 11.7. The first kappa shape index (κ1) is 14.2. The average Bonchev–Trinajstić information content (AvgIpc) is 2.42. The molecule has 0 amide bonds. The first-order valence-corrected chi connectivity index (χ1v) is 5.73. The van der Waals surface area contributed by atoms with Gasteiger partial charge in [0.25, 0.3) is 0 Å². The van der Waals surface area contributed by atoms with Crippen LogP contribution in [-0.2, 0) is 25.8 Å². The molecule has 0 bridgehead atoms. The van der Waals surface area contributed by atoms with Crippen molar-refractivity contribution in [3.05, 3.63) is 35.9 Å². The molecule has 0 saturated heterocycles. The van der Waals surface area contributed by atoms with Gasteiger partial charge in [-0.1, -0.05) is 37.3 Å². The number of rotatable bonds is 6. The highest BCUT2D eigenvalue weighted by Gasteiger charge is 2.16. The predicted octanol–water partition coefficient (Wildman–Crippen LogP) is 1.56. The maximum Gasteiger partial charge on any atom is 0.324 e. The molecule has 0 heterocycles. The second-order valence-corrected chi connectivity index (χ2v) is 4.02. The molecule has 0 fully saturated rings. The Labute approximate surface area is 106 Å². The van der Waals surface area contributed by atoms with E-state index in [0.29, 0.717) is 6.42 Å². The Bertz CT molecular complexity index is 391. The van der Waals surface area contributed by atoms with Crippen LogP contribution in [0.25, 0.3) is 0 Å². The van der Waals surface area contributed by atoms with Gasteiger partial charge in [-0.25, -0.2) is 0 Å². The standard InChI is InChI=1S/C13H17NO4/c1-10(7-8-12(15)18-14)13(16)17-9-11-5-3-2-4-6-11/h2-6,10H,7-9,14H2,1H3. The maximum atomic E-state index is 11.6. The molecule has 0 aliphatic heterocycles. The summed E-state index contributed by atoms with van der Waals surface area (Å²) in [4.78, 5) is 26.4. The van der Waals surface area contributed by atoms with Crippen LogP contribution in [0.15, 0.2) is 30.3 Å². The van der Waals surface area contributed by atoms with E-state index in [2.05, 4.69) is 4.84 Å². The summed E-state index contributed by atoms with van der Waals surface area (Å²) in [6.07, 6.45) is 0.474. The third kappa shape index (κ3) is 4.97. The van der Waals surface area contributed by atoms with Crippen LogP contribution in [0.1, 0.15) is 25.3 Å². The van der Waals surface area contributed by atoms with Gasteiger partial charge < -0.3 is 9.57 Å². The van der Waals surface area contributed by atoms with Gasteiger partial charge in [-0.15, -0.1) is 0 Å². The molecule has 1 aromatic carbocycles. The summed E-state index contributed by atoms with van der Waals surface area (Å²) in [5.41, 5.74) is 0.930. The maximum absolute atomic E-state index is 11.6. The van der Waals surface area contributed by atoms with Gasteiger partial charge in [0.2, 0.25) is 0 Å². The van der Waals surface area contributed by atoms with Gasteiger partial charge in [0.05, 0.1) is 5.92 Å². The van der Waals surface area contributed by atoms with Crippen LogP contribution in [-0.4, -0.2) is 11.9 Å². The van der Waals surface area contributed by atoms with Crippen LogP contribution in [0.2, 0.25) is 0 Å². The summed E-state index contributed by atoms with van der Waals surface area (Å²) in [7, 11) is 0. The van der Waals surface area contributed by atoms with Crippen molar-refractivity contribution in [2.75, 3.05) is 0 Å². The van der Waals surface area contributed by atoms with E-state index in [1.54, 1.807) is 6.92 Å². The highest BCUT2D eigenvalue weighted by Crippen LogP contribution is 2.10.